The average Bonchev–Trinajstić information content (AvgIpc) is 3.09. The van der Waals surface area contributed by atoms with Crippen LogP contribution < -0.4 is 9.64 Å². The van der Waals surface area contributed by atoms with Crippen LogP contribution in [0.5, 0.6) is 5.75 Å². The van der Waals surface area contributed by atoms with E-state index < -0.39 is 0 Å². The van der Waals surface area contributed by atoms with Crippen molar-refractivity contribution in [2.24, 2.45) is 0 Å². The lowest BCUT2D eigenvalue weighted by atomic mass is 9.78. The molecule has 0 fully saturated rings. The Labute approximate surface area is 239 Å². The van der Waals surface area contributed by atoms with Crippen molar-refractivity contribution < 1.29 is 4.74 Å². The summed E-state index contributed by atoms with van der Waals surface area (Å²) < 4.78 is 6.01. The molecule has 2 aliphatic carbocycles. The second-order valence-electron chi connectivity index (χ2n) is 11.1. The third kappa shape index (κ3) is 5.40. The van der Waals surface area contributed by atoms with Crippen LogP contribution in [0.25, 0.3) is 16.7 Å². The van der Waals surface area contributed by atoms with Crippen LogP contribution in [0.3, 0.4) is 0 Å². The summed E-state index contributed by atoms with van der Waals surface area (Å²) in [6, 6.07) is 26.3. The summed E-state index contributed by atoms with van der Waals surface area (Å²) in [5, 5.41) is 0. The molecular formula is C38H37NO. The maximum atomic E-state index is 6.01. The molecule has 0 bridgehead atoms. The summed E-state index contributed by atoms with van der Waals surface area (Å²) in [5.41, 5.74) is 8.40. The molecule has 3 aliphatic rings. The van der Waals surface area contributed by atoms with Crippen molar-refractivity contribution in [1.29, 1.82) is 0 Å². The zero-order chi connectivity index (χ0) is 27.4. The van der Waals surface area contributed by atoms with E-state index in [0.717, 1.165) is 42.6 Å². The summed E-state index contributed by atoms with van der Waals surface area (Å²) in [4.78, 5) is 2.58. The molecule has 6 rings (SSSR count). The zero-order valence-electron chi connectivity index (χ0n) is 23.3. The van der Waals surface area contributed by atoms with Crippen molar-refractivity contribution in [1.82, 2.24) is 0 Å². The standard InChI is InChI=1S/C38H37NO/c1-29-12-6-5-11-27-40-37-22-19-33(28-36(29)37)32-23-25-38(2,26-24-32)39(34-15-9-4-10-16-34)35-20-17-31(18-21-35)30-13-7-3-8-14-30/h3-9,11-15,17-23,25,28,32H,1,10,16,24,26-27H2,2H3/b11-5-,12-6-. The lowest BCUT2D eigenvalue weighted by Gasteiger charge is -2.45. The normalized spacial score (nSPS) is 23.6. The smallest absolute Gasteiger partial charge is 0.127 e. The molecule has 2 heteroatoms. The van der Waals surface area contributed by atoms with E-state index >= 15 is 0 Å². The number of hydrogen-bond acceptors (Lipinski definition) is 2. The van der Waals surface area contributed by atoms with Crippen molar-refractivity contribution in [2.45, 2.75) is 44.1 Å². The Kier molecular flexibility index (Phi) is 7.42. The third-order valence-electron chi connectivity index (χ3n) is 8.33. The van der Waals surface area contributed by atoms with E-state index in [9.17, 15) is 0 Å². The molecule has 2 nitrogen and oxygen atoms in total. The highest BCUT2D eigenvalue weighted by atomic mass is 16.5. The fourth-order valence-corrected chi connectivity index (χ4v) is 6.10. The maximum absolute atomic E-state index is 6.01. The Morgan fingerprint density at radius 3 is 2.48 bits per heavy atom. The van der Waals surface area contributed by atoms with Crippen LogP contribution in [0.15, 0.2) is 140 Å². The third-order valence-corrected chi connectivity index (χ3v) is 8.33. The van der Waals surface area contributed by atoms with Crippen molar-refractivity contribution in [3.8, 4) is 16.9 Å². The van der Waals surface area contributed by atoms with E-state index in [0.29, 0.717) is 12.5 Å². The maximum Gasteiger partial charge on any atom is 0.127 e. The van der Waals surface area contributed by atoms with E-state index in [4.69, 9.17) is 4.74 Å². The first kappa shape index (κ1) is 26.0. The molecule has 0 saturated carbocycles. The molecule has 0 spiro atoms. The van der Waals surface area contributed by atoms with Crippen molar-refractivity contribution in [2.75, 3.05) is 11.5 Å². The Balaban J connectivity index is 1.30. The number of rotatable bonds is 5. The predicted molar refractivity (Wildman–Crippen MR) is 170 cm³/mol. The van der Waals surface area contributed by atoms with Gasteiger partial charge in [0, 0.05) is 22.9 Å². The molecular weight excluding hydrogens is 486 g/mol. The summed E-state index contributed by atoms with van der Waals surface area (Å²) in [6.45, 7) is 7.26. The Hall–Kier alpha value is -4.30. The van der Waals surface area contributed by atoms with E-state index in [1.165, 1.54) is 28.1 Å². The topological polar surface area (TPSA) is 12.5 Å². The molecule has 3 aromatic rings. The van der Waals surface area contributed by atoms with Gasteiger partial charge in [-0.2, -0.15) is 0 Å². The van der Waals surface area contributed by atoms with Gasteiger partial charge >= 0.3 is 0 Å². The summed E-state index contributed by atoms with van der Waals surface area (Å²) in [7, 11) is 0. The number of allylic oxidation sites excluding steroid dienone is 9. The quantitative estimate of drug-likeness (QED) is 0.309. The van der Waals surface area contributed by atoms with Crippen molar-refractivity contribution >= 4 is 11.3 Å². The number of benzene rings is 3. The van der Waals surface area contributed by atoms with Gasteiger partial charge in [0.1, 0.15) is 12.4 Å². The van der Waals surface area contributed by atoms with Gasteiger partial charge < -0.3 is 9.64 Å². The highest BCUT2D eigenvalue weighted by Crippen LogP contribution is 2.42. The van der Waals surface area contributed by atoms with Gasteiger partial charge in [-0.3, -0.25) is 0 Å². The molecule has 1 aliphatic heterocycles. The highest BCUT2D eigenvalue weighted by Gasteiger charge is 2.35. The number of anilines is 1. The van der Waals surface area contributed by atoms with Gasteiger partial charge in [-0.15, -0.1) is 0 Å². The molecule has 0 aromatic heterocycles. The monoisotopic (exact) mass is 523 g/mol. The zero-order valence-corrected chi connectivity index (χ0v) is 23.3. The molecule has 0 radical (unpaired) electrons. The molecule has 0 N–H and O–H groups in total. The van der Waals surface area contributed by atoms with Crippen LogP contribution in [-0.2, 0) is 0 Å². The van der Waals surface area contributed by atoms with Crippen LogP contribution in [0.4, 0.5) is 5.69 Å². The molecule has 1 heterocycles. The van der Waals surface area contributed by atoms with Gasteiger partial charge in [-0.05, 0) is 91.3 Å². The van der Waals surface area contributed by atoms with Gasteiger partial charge in [0.05, 0.1) is 5.54 Å². The second-order valence-corrected chi connectivity index (χ2v) is 11.1. The van der Waals surface area contributed by atoms with Crippen LogP contribution >= 0.6 is 0 Å². The molecule has 40 heavy (non-hydrogen) atoms. The average molecular weight is 524 g/mol. The summed E-state index contributed by atoms with van der Waals surface area (Å²) in [5.74, 6) is 1.26. The summed E-state index contributed by atoms with van der Waals surface area (Å²) >= 11 is 0. The Bertz CT molecular complexity index is 1520. The van der Waals surface area contributed by atoms with E-state index in [1.54, 1.807) is 0 Å². The minimum absolute atomic E-state index is 0.107. The first-order chi connectivity index (χ1) is 19.6. The minimum atomic E-state index is -0.107. The molecule has 2 atom stereocenters. The van der Waals surface area contributed by atoms with Crippen molar-refractivity contribution in [3.05, 3.63) is 151 Å². The van der Waals surface area contributed by atoms with Crippen molar-refractivity contribution in [3.63, 3.8) is 0 Å². The van der Waals surface area contributed by atoms with Gasteiger partial charge in [-0.1, -0.05) is 97.6 Å². The predicted octanol–water partition coefficient (Wildman–Crippen LogP) is 9.80. The first-order valence-electron chi connectivity index (χ1n) is 14.4. The molecule has 0 amide bonds. The van der Waals surface area contributed by atoms with Crippen LogP contribution in [0, 0.1) is 0 Å². The van der Waals surface area contributed by atoms with E-state index in [2.05, 4.69) is 128 Å². The van der Waals surface area contributed by atoms with Gasteiger partial charge in [0.2, 0.25) is 0 Å². The van der Waals surface area contributed by atoms with Gasteiger partial charge in [0.15, 0.2) is 0 Å². The number of fused-ring (bicyclic) bond motifs is 1. The number of hydrogen-bond donors (Lipinski definition) is 0. The fraction of sp³-hybridized carbons (Fsp3) is 0.211. The fourth-order valence-electron chi connectivity index (χ4n) is 6.10. The van der Waals surface area contributed by atoms with E-state index in [1.807, 2.05) is 18.2 Å². The number of ether oxygens (including phenoxy) is 1. The Morgan fingerprint density at radius 1 is 0.900 bits per heavy atom. The first-order valence-corrected chi connectivity index (χ1v) is 14.4. The Morgan fingerprint density at radius 2 is 1.73 bits per heavy atom. The summed E-state index contributed by atoms with van der Waals surface area (Å²) in [6.07, 6.45) is 24.1. The second kappa shape index (κ2) is 11.4. The van der Waals surface area contributed by atoms with E-state index in [-0.39, 0.29) is 5.54 Å². The molecule has 0 saturated heterocycles. The lowest BCUT2D eigenvalue weighted by Crippen LogP contribution is -2.46. The molecule has 3 aromatic carbocycles. The van der Waals surface area contributed by atoms with Gasteiger partial charge in [-0.25, -0.2) is 0 Å². The van der Waals surface area contributed by atoms with Crippen LogP contribution in [0.2, 0.25) is 0 Å². The van der Waals surface area contributed by atoms with Crippen LogP contribution in [0.1, 0.15) is 49.7 Å². The largest absolute Gasteiger partial charge is 0.489 e. The molecule has 200 valence electrons. The SMILES string of the molecule is C=C1/C=C\C=C/COc2ccc(C3C=CC(C)(N(C4=CC=CCC4)c4ccc(-c5ccccc5)cc4)CC3)cc21. The number of nitrogens with zero attached hydrogens (tertiary/aromatic N) is 1. The van der Waals surface area contributed by atoms with Crippen LogP contribution in [-0.4, -0.2) is 12.1 Å². The van der Waals surface area contributed by atoms with Gasteiger partial charge in [0.25, 0.3) is 0 Å². The molecule has 2 unspecified atom stereocenters. The lowest BCUT2D eigenvalue weighted by molar-refractivity contribution is 0.362. The highest BCUT2D eigenvalue weighted by molar-refractivity contribution is 5.77. The minimum Gasteiger partial charge on any atom is -0.489 e.